The van der Waals surface area contributed by atoms with Gasteiger partial charge < -0.3 is 31.0 Å². The molecule has 9 nitrogen and oxygen atoms in total. The molecule has 0 amide bonds. The fraction of sp³-hybridized carbons (Fsp3) is 0.560. The molecule has 0 aliphatic carbocycles. The van der Waals surface area contributed by atoms with Crippen LogP contribution >= 0.6 is 0 Å². The van der Waals surface area contributed by atoms with Crippen LogP contribution in [0.4, 0.5) is 40.7 Å². The van der Waals surface area contributed by atoms with Gasteiger partial charge in [-0.05, 0) is 50.2 Å². The molecule has 2 aliphatic heterocycles. The van der Waals surface area contributed by atoms with Gasteiger partial charge in [-0.2, -0.15) is 18.2 Å². The zero-order valence-electron chi connectivity index (χ0n) is 21.2. The Morgan fingerprint density at radius 1 is 1.03 bits per heavy atom. The molecule has 0 spiro atoms. The Morgan fingerprint density at radius 2 is 1.74 bits per heavy atom. The second kappa shape index (κ2) is 13.2. The van der Waals surface area contributed by atoms with Crippen molar-refractivity contribution in [3.05, 3.63) is 35.8 Å². The molecule has 2 aromatic rings. The largest absolute Gasteiger partial charge is 0.411 e. The van der Waals surface area contributed by atoms with Crippen molar-refractivity contribution in [1.82, 2.24) is 20.2 Å². The van der Waals surface area contributed by atoms with Crippen molar-refractivity contribution in [2.75, 3.05) is 81.1 Å². The minimum atomic E-state index is -4.41. The molecule has 2 aliphatic rings. The summed E-state index contributed by atoms with van der Waals surface area (Å²) in [6, 6.07) is 5.77. The molecule has 4 rings (SSSR count). The number of piperazine rings is 1. The van der Waals surface area contributed by atoms with Gasteiger partial charge in [0, 0.05) is 45.0 Å². The maximum atomic E-state index is 13.5. The van der Waals surface area contributed by atoms with Crippen molar-refractivity contribution >= 4 is 28.9 Å². The molecule has 3 heterocycles. The second-order valence-corrected chi connectivity index (χ2v) is 9.37. The van der Waals surface area contributed by atoms with E-state index in [2.05, 4.69) is 20.9 Å². The highest BCUT2D eigenvalue weighted by atomic mass is 19.4. The maximum absolute atomic E-state index is 13.5. The number of ether oxygens (including phenoxy) is 1. The zero-order valence-corrected chi connectivity index (χ0v) is 21.2. The van der Waals surface area contributed by atoms with E-state index in [-0.39, 0.29) is 24.7 Å². The number of likely N-dealkylation sites (tertiary alicyclic amines) is 1. The highest BCUT2D eigenvalue weighted by molar-refractivity contribution is 6.05. The first kappa shape index (κ1) is 28.0. The summed E-state index contributed by atoms with van der Waals surface area (Å²) in [5.41, 5.74) is 1.62. The van der Waals surface area contributed by atoms with Crippen LogP contribution in [0.1, 0.15) is 25.0 Å². The Balaban J connectivity index is 1.65. The Morgan fingerprint density at radius 3 is 2.42 bits per heavy atom. The van der Waals surface area contributed by atoms with Crippen LogP contribution in [-0.4, -0.2) is 92.3 Å². The normalized spacial score (nSPS) is 16.9. The smallest absolute Gasteiger partial charge is 0.378 e. The lowest BCUT2D eigenvalue weighted by molar-refractivity contribution is -0.172. The van der Waals surface area contributed by atoms with E-state index in [9.17, 15) is 17.6 Å². The number of anilines is 4. The molecule has 2 saturated heterocycles. The van der Waals surface area contributed by atoms with Crippen molar-refractivity contribution < 1.29 is 22.3 Å². The molecule has 0 saturated carbocycles. The summed E-state index contributed by atoms with van der Waals surface area (Å²) in [5.74, 6) is 0.423. The number of hydrogen-bond donors (Lipinski definition) is 4. The summed E-state index contributed by atoms with van der Waals surface area (Å²) in [6.07, 6.45) is -1.10. The summed E-state index contributed by atoms with van der Waals surface area (Å²) >= 11 is 0. The summed E-state index contributed by atoms with van der Waals surface area (Å²) < 4.78 is 55.8. The van der Waals surface area contributed by atoms with Crippen molar-refractivity contribution in [2.24, 2.45) is 0 Å². The van der Waals surface area contributed by atoms with Crippen LogP contribution in [0.5, 0.6) is 0 Å². The van der Waals surface area contributed by atoms with Gasteiger partial charge in [-0.1, -0.05) is 6.42 Å². The average molecular weight is 539 g/mol. The molecule has 13 heteroatoms. The minimum absolute atomic E-state index is 0.0501. The Labute approximate surface area is 219 Å². The van der Waals surface area contributed by atoms with E-state index < -0.39 is 12.8 Å². The monoisotopic (exact) mass is 538 g/mol. The predicted octanol–water partition coefficient (Wildman–Crippen LogP) is 3.61. The van der Waals surface area contributed by atoms with Gasteiger partial charge in [0.25, 0.3) is 0 Å². The summed E-state index contributed by atoms with van der Waals surface area (Å²) in [5, 5.41) is 18.5. The van der Waals surface area contributed by atoms with Gasteiger partial charge in [0.1, 0.15) is 23.8 Å². The topological polar surface area (TPSA) is 101 Å². The third-order valence-electron chi connectivity index (χ3n) is 6.33. The van der Waals surface area contributed by atoms with E-state index in [0.717, 1.165) is 39.0 Å². The van der Waals surface area contributed by atoms with Crippen molar-refractivity contribution in [2.45, 2.75) is 25.4 Å². The SMILES string of the molecule is N=C(CN1CCCCC1)c1nc(N2CCNCC2)nc(Nc2ccc(F)cc2)c1NCCOCC(F)(F)F. The second-order valence-electron chi connectivity index (χ2n) is 9.37. The van der Waals surface area contributed by atoms with Gasteiger partial charge in [-0.15, -0.1) is 0 Å². The molecular weight excluding hydrogens is 504 g/mol. The number of aromatic nitrogens is 2. The van der Waals surface area contributed by atoms with E-state index in [4.69, 9.17) is 20.1 Å². The van der Waals surface area contributed by atoms with E-state index in [1.54, 1.807) is 12.1 Å². The first-order chi connectivity index (χ1) is 18.3. The zero-order chi connectivity index (χ0) is 27.0. The van der Waals surface area contributed by atoms with Gasteiger partial charge in [-0.3, -0.25) is 4.90 Å². The van der Waals surface area contributed by atoms with Crippen LogP contribution in [-0.2, 0) is 4.74 Å². The number of halogens is 4. The lowest BCUT2D eigenvalue weighted by atomic mass is 10.1. The number of benzene rings is 1. The quantitative estimate of drug-likeness (QED) is 0.196. The lowest BCUT2D eigenvalue weighted by Crippen LogP contribution is -2.44. The van der Waals surface area contributed by atoms with Gasteiger partial charge in [0.2, 0.25) is 5.95 Å². The molecule has 1 aromatic carbocycles. The van der Waals surface area contributed by atoms with E-state index in [0.29, 0.717) is 48.5 Å². The summed E-state index contributed by atoms with van der Waals surface area (Å²) in [4.78, 5) is 13.7. The third-order valence-corrected chi connectivity index (χ3v) is 6.33. The van der Waals surface area contributed by atoms with Crippen LogP contribution < -0.4 is 20.9 Å². The van der Waals surface area contributed by atoms with E-state index >= 15 is 0 Å². The van der Waals surface area contributed by atoms with Gasteiger partial charge in [-0.25, -0.2) is 9.37 Å². The fourth-order valence-corrected chi connectivity index (χ4v) is 4.45. The van der Waals surface area contributed by atoms with Gasteiger partial charge in [0.05, 0.1) is 12.3 Å². The number of piperidine rings is 1. The van der Waals surface area contributed by atoms with Crippen molar-refractivity contribution in [1.29, 1.82) is 5.41 Å². The minimum Gasteiger partial charge on any atom is -0.378 e. The van der Waals surface area contributed by atoms with Crippen molar-refractivity contribution in [3.63, 3.8) is 0 Å². The number of hydrogen-bond acceptors (Lipinski definition) is 9. The molecule has 1 aromatic heterocycles. The molecule has 4 N–H and O–H groups in total. The summed E-state index contributed by atoms with van der Waals surface area (Å²) in [7, 11) is 0. The molecule has 2 fully saturated rings. The van der Waals surface area contributed by atoms with Gasteiger partial charge >= 0.3 is 6.18 Å². The van der Waals surface area contributed by atoms with Crippen LogP contribution in [0.3, 0.4) is 0 Å². The maximum Gasteiger partial charge on any atom is 0.411 e. The molecular formula is C25H34F4N8O. The van der Waals surface area contributed by atoms with Gasteiger partial charge in [0.15, 0.2) is 5.82 Å². The molecule has 208 valence electrons. The number of rotatable bonds is 11. The standard InChI is InChI=1S/C25H34F4N8O/c26-18-4-6-19(7-5-18)33-23-22(32-10-15-38-17-25(27,28)29)21(20(30)16-36-11-2-1-3-12-36)34-24(35-23)37-13-8-31-9-14-37/h4-7,30-32H,1-3,8-17H2,(H,33,34,35). The highest BCUT2D eigenvalue weighted by Crippen LogP contribution is 2.30. The Hall–Kier alpha value is -3.03. The number of alkyl halides is 3. The molecule has 0 unspecified atom stereocenters. The van der Waals surface area contributed by atoms with Crippen LogP contribution in [0, 0.1) is 11.2 Å². The van der Waals surface area contributed by atoms with E-state index in [1.165, 1.54) is 18.6 Å². The predicted molar refractivity (Wildman–Crippen MR) is 139 cm³/mol. The molecule has 0 bridgehead atoms. The van der Waals surface area contributed by atoms with Crippen LogP contribution in [0.25, 0.3) is 0 Å². The summed E-state index contributed by atoms with van der Waals surface area (Å²) in [6.45, 7) is 3.60. The Kier molecular flexibility index (Phi) is 9.69. The highest BCUT2D eigenvalue weighted by Gasteiger charge is 2.27. The van der Waals surface area contributed by atoms with Crippen LogP contribution in [0.2, 0.25) is 0 Å². The van der Waals surface area contributed by atoms with E-state index in [1.807, 2.05) is 4.90 Å². The lowest BCUT2D eigenvalue weighted by Gasteiger charge is -2.30. The molecule has 38 heavy (non-hydrogen) atoms. The Bertz CT molecular complexity index is 1050. The molecule has 0 radical (unpaired) electrons. The fourth-order valence-electron chi connectivity index (χ4n) is 4.45. The first-order valence-corrected chi connectivity index (χ1v) is 12.9. The number of nitrogens with one attached hydrogen (secondary N) is 4. The first-order valence-electron chi connectivity index (χ1n) is 12.9. The third kappa shape index (κ3) is 8.23. The van der Waals surface area contributed by atoms with Crippen molar-refractivity contribution in [3.8, 4) is 0 Å². The van der Waals surface area contributed by atoms with Crippen LogP contribution in [0.15, 0.2) is 24.3 Å². The average Bonchev–Trinajstić information content (AvgIpc) is 2.90. The molecule has 0 atom stereocenters. The number of nitrogens with zero attached hydrogens (tertiary/aromatic N) is 4.